The van der Waals surface area contributed by atoms with Crippen molar-refractivity contribution in [3.63, 3.8) is 0 Å². The van der Waals surface area contributed by atoms with Crippen molar-refractivity contribution in [3.05, 3.63) is 0 Å². The van der Waals surface area contributed by atoms with E-state index in [9.17, 15) is 4.79 Å². The van der Waals surface area contributed by atoms with Crippen LogP contribution in [0.3, 0.4) is 0 Å². The zero-order chi connectivity index (χ0) is 11.5. The fourth-order valence-electron chi connectivity index (χ4n) is 2.70. The Bertz CT molecular complexity index is 257. The molecule has 2 heterocycles. The van der Waals surface area contributed by atoms with E-state index in [1.54, 1.807) is 0 Å². The minimum absolute atomic E-state index is 0.125. The van der Waals surface area contributed by atoms with E-state index in [0.29, 0.717) is 24.7 Å². The van der Waals surface area contributed by atoms with E-state index in [1.165, 1.54) is 0 Å². The van der Waals surface area contributed by atoms with Crippen molar-refractivity contribution in [2.75, 3.05) is 26.3 Å². The fraction of sp³-hybridized carbons (Fsp3) is 0.917. The Hall–Kier alpha value is -0.610. The van der Waals surface area contributed by atoms with Gasteiger partial charge in [0.25, 0.3) is 0 Å². The molecule has 2 rings (SSSR count). The summed E-state index contributed by atoms with van der Waals surface area (Å²) in [6.45, 7) is 6.52. The molecule has 1 amide bonds. The molecule has 2 aliphatic heterocycles. The van der Waals surface area contributed by atoms with E-state index in [4.69, 9.17) is 9.47 Å². The molecular weight excluding hydrogens is 206 g/mol. The molecule has 2 aliphatic rings. The highest BCUT2D eigenvalue weighted by Gasteiger charge is 2.38. The third kappa shape index (κ3) is 2.55. The zero-order valence-corrected chi connectivity index (χ0v) is 10.1. The summed E-state index contributed by atoms with van der Waals surface area (Å²) in [4.78, 5) is 13.7. The lowest BCUT2D eigenvalue weighted by atomic mass is 9.93. The van der Waals surface area contributed by atoms with Crippen LogP contribution >= 0.6 is 0 Å². The molecule has 4 nitrogen and oxygen atoms in total. The van der Waals surface area contributed by atoms with Gasteiger partial charge in [0.2, 0.25) is 5.91 Å². The van der Waals surface area contributed by atoms with Crippen LogP contribution in [0, 0.1) is 5.92 Å². The Morgan fingerprint density at radius 1 is 1.56 bits per heavy atom. The molecule has 0 aromatic rings. The predicted molar refractivity (Wildman–Crippen MR) is 60.1 cm³/mol. The first-order chi connectivity index (χ1) is 7.70. The van der Waals surface area contributed by atoms with Gasteiger partial charge in [-0.1, -0.05) is 0 Å². The highest BCUT2D eigenvalue weighted by Crippen LogP contribution is 2.32. The second-order valence-corrected chi connectivity index (χ2v) is 4.75. The number of ether oxygens (including phenoxy) is 2. The number of fused-ring (bicyclic) bond motifs is 1. The fourth-order valence-corrected chi connectivity index (χ4v) is 2.70. The van der Waals surface area contributed by atoms with Gasteiger partial charge in [0.05, 0.1) is 12.2 Å². The van der Waals surface area contributed by atoms with Crippen molar-refractivity contribution in [2.45, 2.75) is 38.9 Å². The number of piperidine rings is 1. The van der Waals surface area contributed by atoms with Crippen LogP contribution in [-0.4, -0.2) is 49.3 Å². The minimum atomic E-state index is 0.125. The largest absolute Gasteiger partial charge is 0.375 e. The number of carbonyl (C=O) groups is 1. The van der Waals surface area contributed by atoms with Gasteiger partial charge in [-0.2, -0.15) is 0 Å². The lowest BCUT2D eigenvalue weighted by molar-refractivity contribution is -0.139. The van der Waals surface area contributed by atoms with Crippen LogP contribution in [0.15, 0.2) is 0 Å². The summed E-state index contributed by atoms with van der Waals surface area (Å²) in [7, 11) is 0. The summed E-state index contributed by atoms with van der Waals surface area (Å²) in [6, 6.07) is 0. The average molecular weight is 227 g/mol. The monoisotopic (exact) mass is 227 g/mol. The van der Waals surface area contributed by atoms with Gasteiger partial charge in [-0.3, -0.25) is 4.79 Å². The molecule has 2 fully saturated rings. The number of likely N-dealkylation sites (tertiary alicyclic amines) is 1. The van der Waals surface area contributed by atoms with Gasteiger partial charge in [-0.05, 0) is 26.7 Å². The Morgan fingerprint density at radius 2 is 2.38 bits per heavy atom. The summed E-state index contributed by atoms with van der Waals surface area (Å²) in [5.74, 6) is 0.661. The van der Waals surface area contributed by atoms with E-state index in [0.717, 1.165) is 25.9 Å². The first kappa shape index (κ1) is 11.9. The number of amides is 1. The van der Waals surface area contributed by atoms with E-state index in [2.05, 4.69) is 6.92 Å². The summed E-state index contributed by atoms with van der Waals surface area (Å²) in [5.41, 5.74) is 0. The molecule has 0 spiro atoms. The molecule has 0 aliphatic carbocycles. The van der Waals surface area contributed by atoms with Crippen molar-refractivity contribution in [1.29, 1.82) is 0 Å². The smallest absolute Gasteiger partial charge is 0.248 e. The lowest BCUT2D eigenvalue weighted by Gasteiger charge is -2.34. The van der Waals surface area contributed by atoms with E-state index >= 15 is 0 Å². The van der Waals surface area contributed by atoms with Crippen molar-refractivity contribution in [3.8, 4) is 0 Å². The highest BCUT2D eigenvalue weighted by molar-refractivity contribution is 5.77. The van der Waals surface area contributed by atoms with Crippen LogP contribution < -0.4 is 0 Å². The second kappa shape index (κ2) is 5.15. The lowest BCUT2D eigenvalue weighted by Crippen LogP contribution is -2.45. The highest BCUT2D eigenvalue weighted by atomic mass is 16.5. The standard InChI is InChI=1S/C12H21NO3/c1-3-15-8-12(14)13-5-4-11-10(7-13)6-9(2)16-11/h9-11H,3-8H2,1-2H3/t9-,10-,11-/m1/s1. The molecule has 0 bridgehead atoms. The number of nitrogens with zero attached hydrogens (tertiary/aromatic N) is 1. The van der Waals surface area contributed by atoms with Crippen molar-refractivity contribution >= 4 is 5.91 Å². The van der Waals surface area contributed by atoms with Gasteiger partial charge >= 0.3 is 0 Å². The average Bonchev–Trinajstić information content (AvgIpc) is 2.64. The zero-order valence-electron chi connectivity index (χ0n) is 10.1. The molecule has 0 unspecified atom stereocenters. The normalized spacial score (nSPS) is 33.9. The number of hydrogen-bond donors (Lipinski definition) is 0. The van der Waals surface area contributed by atoms with Crippen molar-refractivity contribution < 1.29 is 14.3 Å². The van der Waals surface area contributed by atoms with Crippen LogP contribution in [0.1, 0.15) is 26.7 Å². The maximum Gasteiger partial charge on any atom is 0.248 e. The maximum absolute atomic E-state index is 11.8. The van der Waals surface area contributed by atoms with Crippen LogP contribution in [-0.2, 0) is 14.3 Å². The SMILES string of the molecule is CCOCC(=O)N1CC[C@H]2O[C@H](C)C[C@@H]2C1. The summed E-state index contributed by atoms with van der Waals surface area (Å²) < 4.78 is 11.0. The first-order valence-corrected chi connectivity index (χ1v) is 6.21. The van der Waals surface area contributed by atoms with Gasteiger partial charge in [0, 0.05) is 25.6 Å². The molecule has 16 heavy (non-hydrogen) atoms. The molecule has 0 radical (unpaired) electrons. The topological polar surface area (TPSA) is 38.8 Å². The quantitative estimate of drug-likeness (QED) is 0.723. The molecule has 0 aromatic carbocycles. The molecular formula is C12H21NO3. The van der Waals surface area contributed by atoms with E-state index in [-0.39, 0.29) is 12.5 Å². The molecule has 0 N–H and O–H groups in total. The molecule has 0 aromatic heterocycles. The van der Waals surface area contributed by atoms with Crippen LogP contribution in [0.5, 0.6) is 0 Å². The summed E-state index contributed by atoms with van der Waals surface area (Å²) in [6.07, 6.45) is 2.80. The molecule has 92 valence electrons. The third-order valence-corrected chi connectivity index (χ3v) is 3.49. The molecule has 0 saturated carbocycles. The van der Waals surface area contributed by atoms with Gasteiger partial charge < -0.3 is 14.4 Å². The van der Waals surface area contributed by atoms with Crippen molar-refractivity contribution in [1.82, 2.24) is 4.90 Å². The maximum atomic E-state index is 11.8. The number of hydrogen-bond acceptors (Lipinski definition) is 3. The third-order valence-electron chi connectivity index (χ3n) is 3.49. The van der Waals surface area contributed by atoms with Gasteiger partial charge in [-0.25, -0.2) is 0 Å². The summed E-state index contributed by atoms with van der Waals surface area (Å²) >= 11 is 0. The van der Waals surface area contributed by atoms with Crippen molar-refractivity contribution in [2.24, 2.45) is 5.92 Å². The Labute approximate surface area is 96.9 Å². The Morgan fingerprint density at radius 3 is 3.12 bits per heavy atom. The molecule has 2 saturated heterocycles. The predicted octanol–water partition coefficient (Wildman–Crippen LogP) is 1.05. The van der Waals surface area contributed by atoms with E-state index < -0.39 is 0 Å². The minimum Gasteiger partial charge on any atom is -0.375 e. The molecule has 3 atom stereocenters. The first-order valence-electron chi connectivity index (χ1n) is 6.21. The van der Waals surface area contributed by atoms with Gasteiger partial charge in [-0.15, -0.1) is 0 Å². The molecule has 4 heteroatoms. The van der Waals surface area contributed by atoms with E-state index in [1.807, 2.05) is 11.8 Å². The number of rotatable bonds is 3. The summed E-state index contributed by atoms with van der Waals surface area (Å²) in [5, 5.41) is 0. The second-order valence-electron chi connectivity index (χ2n) is 4.75. The Kier molecular flexibility index (Phi) is 3.82. The number of carbonyl (C=O) groups excluding carboxylic acids is 1. The Balaban J connectivity index is 1.83. The van der Waals surface area contributed by atoms with Gasteiger partial charge in [0.1, 0.15) is 6.61 Å². The van der Waals surface area contributed by atoms with Gasteiger partial charge in [0.15, 0.2) is 0 Å². The van der Waals surface area contributed by atoms with Crippen LogP contribution in [0.2, 0.25) is 0 Å². The van der Waals surface area contributed by atoms with Crippen LogP contribution in [0.4, 0.5) is 0 Å². The van der Waals surface area contributed by atoms with Crippen LogP contribution in [0.25, 0.3) is 0 Å².